The first-order chi connectivity index (χ1) is 11.7. The van der Waals surface area contributed by atoms with Gasteiger partial charge < -0.3 is 15.4 Å². The van der Waals surface area contributed by atoms with Crippen LogP contribution in [0.15, 0.2) is 0 Å². The van der Waals surface area contributed by atoms with Gasteiger partial charge in [-0.3, -0.25) is 19.3 Å². The Morgan fingerprint density at radius 2 is 2.00 bits per heavy atom. The summed E-state index contributed by atoms with van der Waals surface area (Å²) in [5.74, 6) is -1.55. The minimum absolute atomic E-state index is 0.0227. The van der Waals surface area contributed by atoms with Crippen LogP contribution in [-0.2, 0) is 19.1 Å². The molecule has 25 heavy (non-hydrogen) atoms. The molecule has 1 aliphatic carbocycles. The summed E-state index contributed by atoms with van der Waals surface area (Å²) < 4.78 is 5.05. The molecule has 2 N–H and O–H groups in total. The molecule has 1 heterocycles. The quantitative estimate of drug-likeness (QED) is 0.565. The van der Waals surface area contributed by atoms with E-state index in [0.717, 1.165) is 24.2 Å². The Labute approximate surface area is 147 Å². The van der Waals surface area contributed by atoms with E-state index in [2.05, 4.69) is 10.6 Å². The number of rotatable bonds is 5. The highest BCUT2D eigenvalue weighted by atomic mass is 16.5. The van der Waals surface area contributed by atoms with E-state index in [0.29, 0.717) is 6.42 Å². The zero-order valence-electron chi connectivity index (χ0n) is 15.3. The van der Waals surface area contributed by atoms with Crippen LogP contribution in [0.3, 0.4) is 0 Å². The minimum atomic E-state index is -0.988. The van der Waals surface area contributed by atoms with Crippen LogP contribution in [0.2, 0.25) is 0 Å². The number of urea groups is 1. The van der Waals surface area contributed by atoms with Gasteiger partial charge in [-0.25, -0.2) is 4.79 Å². The Hall–Kier alpha value is -2.12. The lowest BCUT2D eigenvalue weighted by Crippen LogP contribution is -2.54. The van der Waals surface area contributed by atoms with Crippen molar-refractivity contribution in [3.63, 3.8) is 0 Å². The van der Waals surface area contributed by atoms with E-state index in [-0.39, 0.29) is 17.9 Å². The lowest BCUT2D eigenvalue weighted by Gasteiger charge is -2.36. The predicted molar refractivity (Wildman–Crippen MR) is 89.4 cm³/mol. The summed E-state index contributed by atoms with van der Waals surface area (Å²) in [5.41, 5.74) is -0.907. The smallest absolute Gasteiger partial charge is 0.327 e. The van der Waals surface area contributed by atoms with Crippen molar-refractivity contribution in [1.29, 1.82) is 0 Å². The molecule has 4 amide bonds. The molecule has 1 saturated heterocycles. The van der Waals surface area contributed by atoms with Gasteiger partial charge in [0.1, 0.15) is 12.1 Å². The first-order valence-electron chi connectivity index (χ1n) is 8.81. The van der Waals surface area contributed by atoms with Gasteiger partial charge in [0, 0.05) is 6.04 Å². The van der Waals surface area contributed by atoms with Gasteiger partial charge >= 0.3 is 12.0 Å². The molecular weight excluding hydrogens is 326 g/mol. The fourth-order valence-corrected chi connectivity index (χ4v) is 3.46. The van der Waals surface area contributed by atoms with Crippen LogP contribution >= 0.6 is 0 Å². The van der Waals surface area contributed by atoms with Crippen molar-refractivity contribution < 1.29 is 23.9 Å². The largest absolute Gasteiger partial charge is 0.451 e. The molecule has 1 aliphatic heterocycles. The highest BCUT2D eigenvalue weighted by Crippen LogP contribution is 2.38. The number of carbonyl (C=O) groups excluding carboxylic acids is 4. The van der Waals surface area contributed by atoms with Gasteiger partial charge in [-0.15, -0.1) is 0 Å². The standard InChI is InChI=1S/C17H27N3O5/c1-10(2)18-14(22)12(4)25-13(21)9-20-15(23)17(19-16(20)24)8-6-5-7-11(17)3/h10-12H,5-9H2,1-4H3,(H,18,22)(H,19,24)/t11-,12-,17-/m0/s1. The molecule has 0 bridgehead atoms. The molecule has 2 rings (SSSR count). The van der Waals surface area contributed by atoms with Crippen molar-refractivity contribution in [2.75, 3.05) is 6.54 Å². The molecule has 0 aromatic heterocycles. The van der Waals surface area contributed by atoms with Gasteiger partial charge in [-0.1, -0.05) is 19.8 Å². The highest BCUT2D eigenvalue weighted by molar-refractivity contribution is 6.09. The number of hydrogen-bond acceptors (Lipinski definition) is 5. The third-order valence-electron chi connectivity index (χ3n) is 4.90. The van der Waals surface area contributed by atoms with Crippen molar-refractivity contribution in [2.24, 2.45) is 5.92 Å². The molecule has 0 unspecified atom stereocenters. The van der Waals surface area contributed by atoms with E-state index in [1.165, 1.54) is 6.92 Å². The van der Waals surface area contributed by atoms with E-state index >= 15 is 0 Å². The Morgan fingerprint density at radius 1 is 1.32 bits per heavy atom. The third kappa shape index (κ3) is 3.93. The molecule has 0 aromatic carbocycles. The summed E-state index contributed by atoms with van der Waals surface area (Å²) in [7, 11) is 0. The Morgan fingerprint density at radius 3 is 2.60 bits per heavy atom. The van der Waals surface area contributed by atoms with Crippen LogP contribution in [-0.4, -0.2) is 52.9 Å². The van der Waals surface area contributed by atoms with Crippen molar-refractivity contribution in [3.8, 4) is 0 Å². The minimum Gasteiger partial charge on any atom is -0.451 e. The fourth-order valence-electron chi connectivity index (χ4n) is 3.46. The number of nitrogens with one attached hydrogen (secondary N) is 2. The zero-order chi connectivity index (χ0) is 18.8. The van der Waals surface area contributed by atoms with Gasteiger partial charge in [0.25, 0.3) is 11.8 Å². The number of amides is 4. The normalized spacial score (nSPS) is 27.4. The number of nitrogens with zero attached hydrogens (tertiary/aromatic N) is 1. The third-order valence-corrected chi connectivity index (χ3v) is 4.90. The predicted octanol–water partition coefficient (Wildman–Crippen LogP) is 0.943. The average molecular weight is 353 g/mol. The summed E-state index contributed by atoms with van der Waals surface area (Å²) in [6.07, 6.45) is 2.34. The van der Waals surface area contributed by atoms with Crippen LogP contribution in [0, 0.1) is 5.92 Å². The maximum absolute atomic E-state index is 12.8. The van der Waals surface area contributed by atoms with Crippen molar-refractivity contribution >= 4 is 23.8 Å². The number of imide groups is 1. The van der Waals surface area contributed by atoms with E-state index in [9.17, 15) is 19.2 Å². The summed E-state index contributed by atoms with van der Waals surface area (Å²) in [6, 6.07) is -0.651. The Bertz CT molecular complexity index is 577. The lowest BCUT2D eigenvalue weighted by molar-refractivity contribution is -0.157. The molecule has 0 radical (unpaired) electrons. The number of hydrogen-bond donors (Lipinski definition) is 2. The van der Waals surface area contributed by atoms with Gasteiger partial charge in [-0.05, 0) is 39.5 Å². The molecule has 140 valence electrons. The molecular formula is C17H27N3O5. The SMILES string of the molecule is CC(C)NC(=O)[C@H](C)OC(=O)CN1C(=O)N[C@]2(CCCC[C@@H]2C)C1=O. The second-order valence-corrected chi connectivity index (χ2v) is 7.24. The van der Waals surface area contributed by atoms with E-state index in [4.69, 9.17) is 4.74 Å². The summed E-state index contributed by atoms with van der Waals surface area (Å²) in [4.78, 5) is 49.7. The zero-order valence-corrected chi connectivity index (χ0v) is 15.3. The van der Waals surface area contributed by atoms with Crippen molar-refractivity contribution in [1.82, 2.24) is 15.5 Å². The Balaban J connectivity index is 1.98. The molecule has 8 nitrogen and oxygen atoms in total. The van der Waals surface area contributed by atoms with Crippen LogP contribution in [0.5, 0.6) is 0 Å². The lowest BCUT2D eigenvalue weighted by atomic mass is 9.73. The molecule has 0 aromatic rings. The number of carbonyl (C=O) groups is 4. The fraction of sp³-hybridized carbons (Fsp3) is 0.765. The molecule has 8 heteroatoms. The first kappa shape index (κ1) is 19.2. The summed E-state index contributed by atoms with van der Waals surface area (Å²) in [6.45, 7) is 6.50. The molecule has 2 fully saturated rings. The van der Waals surface area contributed by atoms with Crippen LogP contribution in [0.25, 0.3) is 0 Å². The highest BCUT2D eigenvalue weighted by Gasteiger charge is 2.55. The van der Waals surface area contributed by atoms with Crippen molar-refractivity contribution in [2.45, 2.75) is 71.1 Å². The van der Waals surface area contributed by atoms with Gasteiger partial charge in [0.05, 0.1) is 0 Å². The average Bonchev–Trinajstić information content (AvgIpc) is 2.75. The second-order valence-electron chi connectivity index (χ2n) is 7.24. The van der Waals surface area contributed by atoms with Crippen LogP contribution in [0.4, 0.5) is 4.79 Å². The maximum atomic E-state index is 12.8. The van der Waals surface area contributed by atoms with Gasteiger partial charge in [0.15, 0.2) is 6.10 Å². The molecule has 1 spiro atoms. The van der Waals surface area contributed by atoms with Crippen LogP contribution in [0.1, 0.15) is 53.4 Å². The maximum Gasteiger partial charge on any atom is 0.327 e. The molecule has 2 aliphatic rings. The topological polar surface area (TPSA) is 105 Å². The summed E-state index contributed by atoms with van der Waals surface area (Å²) in [5, 5.41) is 5.41. The Kier molecular flexibility index (Phi) is 5.69. The van der Waals surface area contributed by atoms with E-state index < -0.39 is 36.1 Å². The first-order valence-corrected chi connectivity index (χ1v) is 8.81. The molecule has 1 saturated carbocycles. The van der Waals surface area contributed by atoms with E-state index in [1.807, 2.05) is 6.92 Å². The van der Waals surface area contributed by atoms with Gasteiger partial charge in [0.2, 0.25) is 0 Å². The van der Waals surface area contributed by atoms with Crippen molar-refractivity contribution in [3.05, 3.63) is 0 Å². The van der Waals surface area contributed by atoms with Crippen LogP contribution < -0.4 is 10.6 Å². The second kappa shape index (κ2) is 7.41. The monoisotopic (exact) mass is 353 g/mol. The van der Waals surface area contributed by atoms with Gasteiger partial charge in [-0.2, -0.15) is 0 Å². The van der Waals surface area contributed by atoms with E-state index in [1.54, 1.807) is 13.8 Å². The summed E-state index contributed by atoms with van der Waals surface area (Å²) >= 11 is 0. The molecule has 3 atom stereocenters. The number of esters is 1. The number of ether oxygens (including phenoxy) is 1.